The molecule has 446 valence electrons. The van der Waals surface area contributed by atoms with E-state index in [2.05, 4.69) is 0 Å². The Morgan fingerprint density at radius 1 is 0.149 bits per heavy atom. The van der Waals surface area contributed by atoms with Crippen LogP contribution in [-0.2, 0) is 13.3 Å². The second-order valence-electron chi connectivity index (χ2n) is 13.0. The summed E-state index contributed by atoms with van der Waals surface area (Å²) >= 11 is 0. The van der Waals surface area contributed by atoms with E-state index in [4.69, 9.17) is 0 Å². The van der Waals surface area contributed by atoms with Gasteiger partial charge < -0.3 is 13.3 Å². The van der Waals surface area contributed by atoms with Crippen LogP contribution in [0.25, 0.3) is 0 Å². The zero-order valence-corrected chi connectivity index (χ0v) is 31.9. The predicted octanol–water partition coefficient (Wildman–Crippen LogP) is 15.1. The van der Waals surface area contributed by atoms with Gasteiger partial charge in [-0.2, -0.15) is 211 Å². The number of hydrogen-bond donors (Lipinski definition) is 0. The highest BCUT2D eigenvalue weighted by atomic mass is 28.4. The van der Waals surface area contributed by atoms with E-state index in [1.807, 2.05) is 0 Å². The second-order valence-corrected chi connectivity index (χ2v) is 15.4. The summed E-state index contributed by atoms with van der Waals surface area (Å²) in [6.45, 7) is 0. The van der Waals surface area contributed by atoms with Crippen molar-refractivity contribution < 1.29 is 224 Å². The van der Waals surface area contributed by atoms with Gasteiger partial charge >= 0.3 is 140 Å². The lowest BCUT2D eigenvalue weighted by Gasteiger charge is -2.48. The van der Waals surface area contributed by atoms with Gasteiger partial charge in [0, 0.05) is 0 Å². The molecular formula is C22F48O3Si. The Labute approximate surface area is 365 Å². The summed E-state index contributed by atoms with van der Waals surface area (Å²) in [5.41, 5.74) is -11.5. The third-order valence-electron chi connectivity index (χ3n) is 8.03. The van der Waals surface area contributed by atoms with E-state index in [1.54, 1.807) is 0 Å². The maximum atomic E-state index is 15.5. The van der Waals surface area contributed by atoms with Crippen molar-refractivity contribution in [2.45, 2.75) is 131 Å². The topological polar surface area (TPSA) is 27.7 Å². The van der Waals surface area contributed by atoms with E-state index >= 15 is 8.78 Å². The lowest BCUT2D eigenvalue weighted by atomic mass is 9.87. The van der Waals surface area contributed by atoms with E-state index in [0.717, 1.165) is 0 Å². The monoisotopic (exact) mass is 1250 g/mol. The van der Waals surface area contributed by atoms with Crippen LogP contribution < -0.4 is 0 Å². The summed E-state index contributed by atoms with van der Waals surface area (Å²) < 4.78 is 659. The second kappa shape index (κ2) is 17.4. The average molecular weight is 1250 g/mol. The molecule has 0 aromatic heterocycles. The smallest absolute Gasteiger partial charge is 0.304 e. The minimum absolute atomic E-state index is 0.410. The van der Waals surface area contributed by atoms with Crippen LogP contribution in [0.3, 0.4) is 0 Å². The van der Waals surface area contributed by atoms with Crippen molar-refractivity contribution in [1.29, 1.82) is 0 Å². The molecular weight excluding hydrogens is 1250 g/mol. The molecule has 0 aromatic rings. The van der Waals surface area contributed by atoms with Gasteiger partial charge in [-0.15, -0.1) is 0 Å². The number of hydrogen-bond acceptors (Lipinski definition) is 3. The molecule has 0 heterocycles. The number of alkyl halides is 48. The molecule has 0 bridgehead atoms. The minimum Gasteiger partial charge on any atom is -0.304 e. The highest BCUT2D eigenvalue weighted by Gasteiger charge is 3.02. The summed E-state index contributed by atoms with van der Waals surface area (Å²) in [5.74, 6) is -144. The van der Waals surface area contributed by atoms with Gasteiger partial charge in [0.25, 0.3) is 0 Å². The molecule has 0 unspecified atom stereocenters. The highest BCUT2D eigenvalue weighted by Crippen LogP contribution is 2.69. The summed E-state index contributed by atoms with van der Waals surface area (Å²) in [5, 5.41) is 0. The van der Waals surface area contributed by atoms with Crippen molar-refractivity contribution in [2.75, 3.05) is 0 Å². The Hall–Kier alpha value is -3.26. The Morgan fingerprint density at radius 3 is 0.419 bits per heavy atom. The predicted molar refractivity (Wildman–Crippen MR) is 122 cm³/mol. The van der Waals surface area contributed by atoms with Crippen molar-refractivity contribution >= 4 is 8.80 Å². The zero-order valence-electron chi connectivity index (χ0n) is 30.9. The molecule has 0 aliphatic carbocycles. The lowest BCUT2D eigenvalue weighted by Crippen LogP contribution is -2.82. The lowest BCUT2D eigenvalue weighted by molar-refractivity contribution is -0.480. The maximum Gasteiger partial charge on any atom is 0.595 e. The fourth-order valence-corrected chi connectivity index (χ4v) is 6.23. The van der Waals surface area contributed by atoms with Gasteiger partial charge in [0.05, 0.1) is 0 Å². The minimum atomic E-state index is -13.8. The van der Waals surface area contributed by atoms with E-state index in [0.29, 0.717) is 13.3 Å². The van der Waals surface area contributed by atoms with Crippen LogP contribution in [-0.4, -0.2) is 140 Å². The van der Waals surface area contributed by atoms with Crippen LogP contribution >= 0.6 is 0 Å². The van der Waals surface area contributed by atoms with E-state index < -0.39 is 140 Å². The van der Waals surface area contributed by atoms with E-state index in [-0.39, 0.29) is 0 Å². The summed E-state index contributed by atoms with van der Waals surface area (Å²) in [4.78, 5) is 0. The first-order chi connectivity index (χ1) is 30.9. The Bertz CT molecular complexity index is 1860. The quantitative estimate of drug-likeness (QED) is 0.0847. The van der Waals surface area contributed by atoms with Gasteiger partial charge in [0.15, 0.2) is 0 Å². The standard InChI is InChI=1S/C22F48O3Si/c23-1(24,3(27,28)5(31,32)7(35,36)15(51,52)53)2(25,26)4(29,30)6(33,34)14(49,50)22(69,70)74(71-19(63,64)11(43,44)8(37,38)16(54,55)56,72-20(65,66)12(45,46)9(39,40)17(57,58)59)73-21(67,68)13(47,48)10(41,42)18(60,61)62. The summed E-state index contributed by atoms with van der Waals surface area (Å²) in [7, 11) is -13.8. The van der Waals surface area contributed by atoms with Crippen LogP contribution in [0.2, 0.25) is 0 Å². The van der Waals surface area contributed by atoms with Crippen LogP contribution in [0.15, 0.2) is 0 Å². The fourth-order valence-electron chi connectivity index (χ4n) is 3.79. The molecule has 0 radical (unpaired) electrons. The first kappa shape index (κ1) is 70.7. The Balaban J connectivity index is 9.93. The first-order valence-electron chi connectivity index (χ1n) is 15.0. The average Bonchev–Trinajstić information content (AvgIpc) is 3.11. The van der Waals surface area contributed by atoms with Crippen molar-refractivity contribution in [3.8, 4) is 0 Å². The molecule has 0 saturated carbocycles. The molecule has 0 atom stereocenters. The molecule has 0 aliphatic heterocycles. The molecule has 52 heteroatoms. The summed E-state index contributed by atoms with van der Waals surface area (Å²) in [6, 6.07) is 0. The van der Waals surface area contributed by atoms with Crippen molar-refractivity contribution in [3.63, 3.8) is 0 Å². The number of rotatable bonds is 21. The molecule has 0 aromatic carbocycles. The third kappa shape index (κ3) is 9.14. The molecule has 0 amide bonds. The van der Waals surface area contributed by atoms with Crippen molar-refractivity contribution in [1.82, 2.24) is 0 Å². The van der Waals surface area contributed by atoms with Gasteiger partial charge in [-0.1, -0.05) is 0 Å². The first-order valence-corrected chi connectivity index (χ1v) is 16.8. The SMILES string of the molecule is FC(F)(F)C(F)(F)C(F)(F)C(F)(F)O[Si](OC(F)(F)C(F)(F)C(F)(F)C(F)(F)F)(OC(F)(F)C(F)(F)C(F)(F)C(F)(F)F)C(F)(F)C(F)(F)C(F)(F)C(F)(F)C(F)(F)C(F)(F)C(F)(F)C(F)(F)C(F)(F)C(F)(F)F. The van der Waals surface area contributed by atoms with Crippen molar-refractivity contribution in [3.05, 3.63) is 0 Å². The van der Waals surface area contributed by atoms with Crippen LogP contribution in [0.5, 0.6) is 0 Å². The van der Waals surface area contributed by atoms with E-state index in [1.165, 1.54) is 0 Å². The van der Waals surface area contributed by atoms with Crippen LogP contribution in [0, 0.1) is 0 Å². The van der Waals surface area contributed by atoms with Gasteiger partial charge in [-0.3, -0.25) is 0 Å². The molecule has 0 fully saturated rings. The molecule has 0 spiro atoms. The fraction of sp³-hybridized carbons (Fsp3) is 1.00. The Kier molecular flexibility index (Phi) is 16.6. The highest BCUT2D eigenvalue weighted by molar-refractivity contribution is 6.64. The molecule has 0 aliphatic rings. The van der Waals surface area contributed by atoms with Gasteiger partial charge in [0.2, 0.25) is 0 Å². The molecule has 74 heavy (non-hydrogen) atoms. The molecule has 3 nitrogen and oxygen atoms in total. The zero-order chi connectivity index (χ0) is 61.6. The van der Waals surface area contributed by atoms with Gasteiger partial charge in [-0.05, 0) is 0 Å². The van der Waals surface area contributed by atoms with Crippen LogP contribution in [0.4, 0.5) is 211 Å². The van der Waals surface area contributed by atoms with E-state index in [9.17, 15) is 202 Å². The van der Waals surface area contributed by atoms with Gasteiger partial charge in [0.1, 0.15) is 0 Å². The van der Waals surface area contributed by atoms with Crippen LogP contribution in [0.1, 0.15) is 0 Å². The largest absolute Gasteiger partial charge is 0.595 e. The Morgan fingerprint density at radius 2 is 0.270 bits per heavy atom. The van der Waals surface area contributed by atoms with Gasteiger partial charge in [-0.25, -0.2) is 0 Å². The molecule has 0 saturated heterocycles. The summed E-state index contributed by atoms with van der Waals surface area (Å²) in [6.07, 6.45) is -67.0. The molecule has 0 rings (SSSR count). The normalized spacial score (nSPS) is 17.4. The third-order valence-corrected chi connectivity index (χ3v) is 10.7. The van der Waals surface area contributed by atoms with Crippen molar-refractivity contribution in [2.24, 2.45) is 0 Å². The maximum absolute atomic E-state index is 15.5. The molecule has 0 N–H and O–H groups in total. The number of halogens is 48.